The first kappa shape index (κ1) is 11.6. The second-order valence-corrected chi connectivity index (χ2v) is 5.28. The minimum Gasteiger partial charge on any atom is -0.496 e. The Labute approximate surface area is 107 Å². The SMILES string of the molecule is COc1c(C2(CN)CCCC2)ccc2[nH]ccc12. The van der Waals surface area contributed by atoms with Crippen LogP contribution >= 0.6 is 0 Å². The zero-order valence-electron chi connectivity index (χ0n) is 10.8. The number of rotatable bonds is 3. The van der Waals surface area contributed by atoms with Crippen LogP contribution in [0.15, 0.2) is 24.4 Å². The van der Waals surface area contributed by atoms with E-state index >= 15 is 0 Å². The van der Waals surface area contributed by atoms with Gasteiger partial charge < -0.3 is 15.5 Å². The van der Waals surface area contributed by atoms with Gasteiger partial charge in [0.25, 0.3) is 0 Å². The number of ether oxygens (including phenoxy) is 1. The van der Waals surface area contributed by atoms with E-state index in [1.165, 1.54) is 31.2 Å². The van der Waals surface area contributed by atoms with Gasteiger partial charge in [-0.15, -0.1) is 0 Å². The van der Waals surface area contributed by atoms with E-state index in [-0.39, 0.29) is 5.41 Å². The molecule has 0 spiro atoms. The van der Waals surface area contributed by atoms with Gasteiger partial charge in [-0.25, -0.2) is 0 Å². The maximum Gasteiger partial charge on any atom is 0.132 e. The summed E-state index contributed by atoms with van der Waals surface area (Å²) in [5, 5.41) is 1.16. The van der Waals surface area contributed by atoms with Crippen molar-refractivity contribution in [2.24, 2.45) is 5.73 Å². The van der Waals surface area contributed by atoms with Crippen molar-refractivity contribution in [2.75, 3.05) is 13.7 Å². The first-order chi connectivity index (χ1) is 8.80. The van der Waals surface area contributed by atoms with Crippen LogP contribution in [0.1, 0.15) is 31.2 Å². The van der Waals surface area contributed by atoms with Crippen LogP contribution in [0, 0.1) is 0 Å². The summed E-state index contributed by atoms with van der Waals surface area (Å²) >= 11 is 0. The van der Waals surface area contributed by atoms with Gasteiger partial charge in [-0.3, -0.25) is 0 Å². The first-order valence-electron chi connectivity index (χ1n) is 6.65. The topological polar surface area (TPSA) is 51.0 Å². The van der Waals surface area contributed by atoms with E-state index in [2.05, 4.69) is 23.2 Å². The van der Waals surface area contributed by atoms with Crippen LogP contribution in [-0.2, 0) is 5.41 Å². The van der Waals surface area contributed by atoms with E-state index in [0.29, 0.717) is 6.54 Å². The van der Waals surface area contributed by atoms with Gasteiger partial charge >= 0.3 is 0 Å². The van der Waals surface area contributed by atoms with Crippen LogP contribution in [0.5, 0.6) is 5.75 Å². The quantitative estimate of drug-likeness (QED) is 0.872. The molecule has 1 heterocycles. The van der Waals surface area contributed by atoms with Gasteiger partial charge in [-0.2, -0.15) is 0 Å². The van der Waals surface area contributed by atoms with Crippen molar-refractivity contribution in [2.45, 2.75) is 31.1 Å². The molecule has 96 valence electrons. The Morgan fingerprint density at radius 2 is 2.06 bits per heavy atom. The van der Waals surface area contributed by atoms with E-state index in [1.807, 2.05) is 6.20 Å². The van der Waals surface area contributed by atoms with Crippen molar-refractivity contribution in [1.29, 1.82) is 0 Å². The predicted molar refractivity (Wildman–Crippen MR) is 74.1 cm³/mol. The molecule has 3 N–H and O–H groups in total. The van der Waals surface area contributed by atoms with Crippen LogP contribution in [0.4, 0.5) is 0 Å². The Bertz CT molecular complexity index is 553. The molecule has 3 heteroatoms. The number of aromatic amines is 1. The lowest BCUT2D eigenvalue weighted by molar-refractivity contribution is 0.382. The summed E-state index contributed by atoms with van der Waals surface area (Å²) in [7, 11) is 1.75. The fraction of sp³-hybridized carbons (Fsp3) is 0.467. The molecule has 0 atom stereocenters. The Morgan fingerprint density at radius 3 is 2.72 bits per heavy atom. The van der Waals surface area contributed by atoms with Gasteiger partial charge in [0, 0.05) is 34.6 Å². The molecule has 1 aliphatic rings. The van der Waals surface area contributed by atoms with Gasteiger partial charge in [-0.05, 0) is 25.0 Å². The number of benzene rings is 1. The van der Waals surface area contributed by atoms with Gasteiger partial charge in [0.05, 0.1) is 7.11 Å². The Kier molecular flexibility index (Phi) is 2.78. The molecule has 0 unspecified atom stereocenters. The van der Waals surface area contributed by atoms with Crippen molar-refractivity contribution in [1.82, 2.24) is 4.98 Å². The van der Waals surface area contributed by atoms with Crippen molar-refractivity contribution >= 4 is 10.9 Å². The normalized spacial score (nSPS) is 18.3. The molecule has 0 aliphatic heterocycles. The van der Waals surface area contributed by atoms with Gasteiger partial charge in [0.15, 0.2) is 0 Å². The van der Waals surface area contributed by atoms with Crippen molar-refractivity contribution in [3.05, 3.63) is 30.0 Å². The van der Waals surface area contributed by atoms with Gasteiger partial charge in [0.2, 0.25) is 0 Å². The van der Waals surface area contributed by atoms with Crippen molar-refractivity contribution in [3.63, 3.8) is 0 Å². The fourth-order valence-corrected chi connectivity index (χ4v) is 3.38. The van der Waals surface area contributed by atoms with Gasteiger partial charge in [-0.1, -0.05) is 18.9 Å². The summed E-state index contributed by atoms with van der Waals surface area (Å²) in [6.45, 7) is 0.708. The smallest absolute Gasteiger partial charge is 0.132 e. The molecule has 3 nitrogen and oxygen atoms in total. The van der Waals surface area contributed by atoms with Crippen LogP contribution in [-0.4, -0.2) is 18.6 Å². The third-order valence-electron chi connectivity index (χ3n) is 4.41. The van der Waals surface area contributed by atoms with E-state index < -0.39 is 0 Å². The number of nitrogens with two attached hydrogens (primary N) is 1. The molecule has 1 aromatic heterocycles. The largest absolute Gasteiger partial charge is 0.496 e. The predicted octanol–water partition coefficient (Wildman–Crippen LogP) is 2.95. The number of nitrogens with one attached hydrogen (secondary N) is 1. The van der Waals surface area contributed by atoms with E-state index in [0.717, 1.165) is 16.7 Å². The highest BCUT2D eigenvalue weighted by atomic mass is 16.5. The fourth-order valence-electron chi connectivity index (χ4n) is 3.38. The Morgan fingerprint density at radius 1 is 1.28 bits per heavy atom. The third-order valence-corrected chi connectivity index (χ3v) is 4.41. The molecule has 3 rings (SSSR count). The van der Waals surface area contributed by atoms with E-state index in [1.54, 1.807) is 7.11 Å². The summed E-state index contributed by atoms with van der Waals surface area (Å²) in [6, 6.07) is 6.41. The zero-order valence-corrected chi connectivity index (χ0v) is 10.8. The maximum absolute atomic E-state index is 6.08. The van der Waals surface area contributed by atoms with Crippen LogP contribution < -0.4 is 10.5 Å². The second-order valence-electron chi connectivity index (χ2n) is 5.28. The summed E-state index contributed by atoms with van der Waals surface area (Å²) in [5.74, 6) is 1.00. The number of hydrogen-bond acceptors (Lipinski definition) is 2. The van der Waals surface area contributed by atoms with Crippen molar-refractivity contribution in [3.8, 4) is 5.75 Å². The van der Waals surface area contributed by atoms with Crippen molar-refractivity contribution < 1.29 is 4.74 Å². The van der Waals surface area contributed by atoms with Gasteiger partial charge in [0.1, 0.15) is 5.75 Å². The minimum absolute atomic E-state index is 0.122. The zero-order chi connectivity index (χ0) is 12.6. The molecular formula is C15H20N2O. The summed E-state index contributed by atoms with van der Waals surface area (Å²) in [5.41, 5.74) is 8.62. The number of hydrogen-bond donors (Lipinski definition) is 2. The lowest BCUT2D eigenvalue weighted by Crippen LogP contribution is -2.32. The molecule has 0 radical (unpaired) electrons. The highest BCUT2D eigenvalue weighted by Gasteiger charge is 2.37. The number of H-pyrrole nitrogens is 1. The third kappa shape index (κ3) is 1.54. The molecule has 1 fully saturated rings. The van der Waals surface area contributed by atoms with Crippen LogP contribution in [0.2, 0.25) is 0 Å². The highest BCUT2D eigenvalue weighted by molar-refractivity contribution is 5.87. The number of fused-ring (bicyclic) bond motifs is 1. The summed E-state index contributed by atoms with van der Waals surface area (Å²) < 4.78 is 5.68. The van der Waals surface area contributed by atoms with E-state index in [9.17, 15) is 0 Å². The molecule has 0 saturated heterocycles. The average molecular weight is 244 g/mol. The molecule has 1 aliphatic carbocycles. The van der Waals surface area contributed by atoms with Crippen LogP contribution in [0.25, 0.3) is 10.9 Å². The monoisotopic (exact) mass is 244 g/mol. The Balaban J connectivity index is 2.21. The second kappa shape index (κ2) is 4.32. The summed E-state index contributed by atoms with van der Waals surface area (Å²) in [4.78, 5) is 3.23. The molecule has 1 saturated carbocycles. The minimum atomic E-state index is 0.122. The lowest BCUT2D eigenvalue weighted by Gasteiger charge is -2.29. The number of methoxy groups -OCH3 is 1. The Hall–Kier alpha value is -1.48. The molecule has 2 aromatic rings. The highest BCUT2D eigenvalue weighted by Crippen LogP contribution is 2.46. The molecule has 0 bridgehead atoms. The van der Waals surface area contributed by atoms with Crippen LogP contribution in [0.3, 0.4) is 0 Å². The average Bonchev–Trinajstić information content (AvgIpc) is 3.06. The molecular weight excluding hydrogens is 224 g/mol. The lowest BCUT2D eigenvalue weighted by atomic mass is 9.78. The first-order valence-corrected chi connectivity index (χ1v) is 6.65. The summed E-state index contributed by atoms with van der Waals surface area (Å²) in [6.07, 6.45) is 6.85. The molecule has 18 heavy (non-hydrogen) atoms. The van der Waals surface area contributed by atoms with E-state index in [4.69, 9.17) is 10.5 Å². The maximum atomic E-state index is 6.08. The molecule has 0 amide bonds. The standard InChI is InChI=1S/C15H20N2O/c1-18-14-11-6-9-17-13(11)5-4-12(14)15(10-16)7-2-3-8-15/h4-6,9,17H,2-3,7-8,10,16H2,1H3. The molecule has 1 aromatic carbocycles. The number of aromatic nitrogens is 1.